The number of hydrogen-bond donors (Lipinski definition) is 0. The minimum atomic E-state index is -0.0626. The highest BCUT2D eigenvalue weighted by atomic mass is 16.4. The second kappa shape index (κ2) is 13.3. The second-order valence-corrected chi connectivity index (χ2v) is 20.9. The van der Waals surface area contributed by atoms with Crippen molar-refractivity contribution in [3.8, 4) is 11.3 Å². The normalized spacial score (nSPS) is 13.9. The molecule has 10 rings (SSSR count). The predicted molar refractivity (Wildman–Crippen MR) is 260 cm³/mol. The Morgan fingerprint density at radius 3 is 1.67 bits per heavy atom. The van der Waals surface area contributed by atoms with Crippen molar-refractivity contribution in [2.45, 2.75) is 106 Å². The molecule has 2 aliphatic heterocycles. The lowest BCUT2D eigenvalue weighted by Gasteiger charge is -2.44. The van der Waals surface area contributed by atoms with Crippen LogP contribution in [0.3, 0.4) is 0 Å². The molecule has 2 aliphatic rings. The minimum absolute atomic E-state index is 0.0193. The molecule has 0 saturated carbocycles. The first kappa shape index (κ1) is 39.2. The Bertz CT molecular complexity index is 3020. The number of nitrogens with zero attached hydrogens (tertiary/aromatic N) is 2. The zero-order valence-electron chi connectivity index (χ0n) is 38.2. The van der Waals surface area contributed by atoms with E-state index in [0.29, 0.717) is 0 Å². The van der Waals surface area contributed by atoms with Gasteiger partial charge in [0, 0.05) is 38.9 Å². The molecule has 0 amide bonds. The number of anilines is 6. The van der Waals surface area contributed by atoms with Crippen LogP contribution in [0.1, 0.15) is 101 Å². The Balaban J connectivity index is 1.29. The van der Waals surface area contributed by atoms with Crippen LogP contribution in [0.15, 0.2) is 118 Å². The van der Waals surface area contributed by atoms with Gasteiger partial charge in [-0.2, -0.15) is 0 Å². The number of furan rings is 2. The first-order valence-corrected chi connectivity index (χ1v) is 22.0. The van der Waals surface area contributed by atoms with Crippen molar-refractivity contribution in [2.75, 3.05) is 9.80 Å². The predicted octanol–water partition coefficient (Wildman–Crippen LogP) is 14.1. The molecule has 6 aromatic carbocycles. The van der Waals surface area contributed by atoms with Gasteiger partial charge in [0.25, 0.3) is 6.71 Å². The average molecular weight is 801 g/mol. The van der Waals surface area contributed by atoms with Gasteiger partial charge in [0.15, 0.2) is 0 Å². The van der Waals surface area contributed by atoms with Crippen molar-refractivity contribution in [3.63, 3.8) is 0 Å². The summed E-state index contributed by atoms with van der Waals surface area (Å²) in [4.78, 5) is 5.01. The van der Waals surface area contributed by atoms with Crippen LogP contribution in [0, 0.1) is 27.7 Å². The standard InChI is InChI=1S/C56H57BN2O2/c1-32-25-37(48-29-36-17-14-15-20-46(36)60-48)26-33(2)51(32)58-43-23-21-39(55(8,9)10)31-42(43)57-49-41-30-38(54(5,6)7)22-24-47(41)61-53(49)59(45-19-16-18-44(58)50(45)57)52-34(3)27-40(28-35(52)4)56(11,12)13/h14-31H,1-13H3. The van der Waals surface area contributed by atoms with E-state index >= 15 is 0 Å². The lowest BCUT2D eigenvalue weighted by Crippen LogP contribution is -2.61. The van der Waals surface area contributed by atoms with Crippen LogP contribution in [0.25, 0.3) is 33.3 Å². The smallest absolute Gasteiger partial charge is 0.257 e. The summed E-state index contributed by atoms with van der Waals surface area (Å²) in [6.45, 7) is 29.8. The molecule has 0 aliphatic carbocycles. The molecule has 0 radical (unpaired) electrons. The summed E-state index contributed by atoms with van der Waals surface area (Å²) in [6.07, 6.45) is 0. The van der Waals surface area contributed by atoms with Crippen molar-refractivity contribution in [3.05, 3.63) is 148 Å². The van der Waals surface area contributed by atoms with Crippen LogP contribution in [0.5, 0.6) is 0 Å². The molecule has 0 spiro atoms. The van der Waals surface area contributed by atoms with E-state index in [0.717, 1.165) is 39.4 Å². The fraction of sp³-hybridized carbons (Fsp3) is 0.286. The quantitative estimate of drug-likeness (QED) is 0.167. The summed E-state index contributed by atoms with van der Waals surface area (Å²) in [5, 5.41) is 2.30. The van der Waals surface area contributed by atoms with Crippen molar-refractivity contribution < 1.29 is 8.83 Å². The maximum absolute atomic E-state index is 7.23. The van der Waals surface area contributed by atoms with Crippen LogP contribution in [-0.4, -0.2) is 6.71 Å². The van der Waals surface area contributed by atoms with Crippen LogP contribution in [0.2, 0.25) is 0 Å². The summed E-state index contributed by atoms with van der Waals surface area (Å²) in [5.74, 6) is 1.80. The van der Waals surface area contributed by atoms with E-state index < -0.39 is 0 Å². The van der Waals surface area contributed by atoms with E-state index in [9.17, 15) is 0 Å². The molecule has 4 nitrogen and oxygen atoms in total. The molecule has 0 atom stereocenters. The monoisotopic (exact) mass is 800 g/mol. The van der Waals surface area contributed by atoms with Gasteiger partial charge in [0.2, 0.25) is 5.88 Å². The second-order valence-electron chi connectivity index (χ2n) is 20.9. The Morgan fingerprint density at radius 1 is 0.459 bits per heavy atom. The van der Waals surface area contributed by atoms with Crippen LogP contribution in [0.4, 0.5) is 34.3 Å². The molecule has 2 aromatic heterocycles. The van der Waals surface area contributed by atoms with Gasteiger partial charge in [-0.05, 0) is 148 Å². The van der Waals surface area contributed by atoms with Crippen LogP contribution in [-0.2, 0) is 16.2 Å². The number of aryl methyl sites for hydroxylation is 4. The SMILES string of the molecule is Cc1cc(-c2cc3ccccc3o2)cc(C)c1N1c2ccc(C(C)(C)C)cc2B2c3c1cccc3N(c1c(C)cc(C(C)(C)C)cc1C)c1oc3ccc(C(C)(C)C)cc3c12. The minimum Gasteiger partial charge on any atom is -0.456 e. The lowest BCUT2D eigenvalue weighted by molar-refractivity contribution is 0.588. The van der Waals surface area contributed by atoms with Gasteiger partial charge < -0.3 is 13.7 Å². The summed E-state index contributed by atoms with van der Waals surface area (Å²) in [7, 11) is 0. The summed E-state index contributed by atoms with van der Waals surface area (Å²) < 4.78 is 13.6. The van der Waals surface area contributed by atoms with Gasteiger partial charge in [0.05, 0.1) is 11.4 Å². The van der Waals surface area contributed by atoms with E-state index in [-0.39, 0.29) is 23.0 Å². The third-order valence-electron chi connectivity index (χ3n) is 13.3. The highest BCUT2D eigenvalue weighted by Crippen LogP contribution is 2.49. The van der Waals surface area contributed by atoms with Crippen molar-refractivity contribution in [1.82, 2.24) is 0 Å². The largest absolute Gasteiger partial charge is 0.456 e. The van der Waals surface area contributed by atoms with Crippen molar-refractivity contribution in [1.29, 1.82) is 0 Å². The molecule has 4 heterocycles. The zero-order chi connectivity index (χ0) is 43.1. The Morgan fingerprint density at radius 2 is 1.03 bits per heavy atom. The van der Waals surface area contributed by atoms with Gasteiger partial charge in [-0.3, -0.25) is 4.90 Å². The molecule has 306 valence electrons. The molecule has 0 saturated heterocycles. The highest BCUT2D eigenvalue weighted by molar-refractivity contribution is 7.01. The highest BCUT2D eigenvalue weighted by Gasteiger charge is 2.47. The van der Waals surface area contributed by atoms with E-state index in [1.54, 1.807) is 0 Å². The van der Waals surface area contributed by atoms with Gasteiger partial charge in [-0.1, -0.05) is 117 Å². The first-order chi connectivity index (χ1) is 28.8. The topological polar surface area (TPSA) is 32.8 Å². The number of rotatable bonds is 3. The maximum Gasteiger partial charge on any atom is 0.257 e. The van der Waals surface area contributed by atoms with Crippen LogP contribution < -0.4 is 26.2 Å². The molecular formula is C56H57BN2O2. The number of benzene rings is 6. The average Bonchev–Trinajstić information content (AvgIpc) is 3.79. The van der Waals surface area contributed by atoms with E-state index in [4.69, 9.17) is 8.83 Å². The van der Waals surface area contributed by atoms with Gasteiger partial charge in [-0.25, -0.2) is 0 Å². The summed E-state index contributed by atoms with van der Waals surface area (Å²) >= 11 is 0. The zero-order valence-corrected chi connectivity index (χ0v) is 38.2. The lowest BCUT2D eigenvalue weighted by atomic mass is 9.33. The molecule has 61 heavy (non-hydrogen) atoms. The van der Waals surface area contributed by atoms with Gasteiger partial charge >= 0.3 is 0 Å². The van der Waals surface area contributed by atoms with E-state index in [1.165, 1.54) is 83.5 Å². The maximum atomic E-state index is 7.23. The molecule has 0 N–H and O–H groups in total. The van der Waals surface area contributed by atoms with E-state index in [2.05, 4.69) is 197 Å². The summed E-state index contributed by atoms with van der Waals surface area (Å²) in [5.41, 5.74) is 21.4. The Kier molecular flexibility index (Phi) is 8.54. The van der Waals surface area contributed by atoms with Gasteiger partial charge in [-0.15, -0.1) is 0 Å². The van der Waals surface area contributed by atoms with Crippen molar-refractivity contribution >= 4 is 79.4 Å². The Labute approximate surface area is 362 Å². The molecule has 0 unspecified atom stereocenters. The molecular weight excluding hydrogens is 743 g/mol. The fourth-order valence-electron chi connectivity index (χ4n) is 10.2. The first-order valence-electron chi connectivity index (χ1n) is 22.0. The third-order valence-corrected chi connectivity index (χ3v) is 13.3. The fourth-order valence-corrected chi connectivity index (χ4v) is 10.2. The van der Waals surface area contributed by atoms with Crippen LogP contribution >= 0.6 is 0 Å². The third kappa shape index (κ3) is 6.10. The number of fused-ring (bicyclic) bond motifs is 7. The Hall–Kier alpha value is -5.94. The summed E-state index contributed by atoms with van der Waals surface area (Å²) in [6, 6.07) is 40.8. The number of para-hydroxylation sites is 1. The van der Waals surface area contributed by atoms with Gasteiger partial charge in [0.1, 0.15) is 16.9 Å². The molecule has 0 fully saturated rings. The van der Waals surface area contributed by atoms with Crippen molar-refractivity contribution in [2.24, 2.45) is 0 Å². The molecule has 5 heteroatoms. The van der Waals surface area contributed by atoms with E-state index in [1.807, 2.05) is 12.1 Å². The number of hydrogen-bond acceptors (Lipinski definition) is 4. The molecule has 8 aromatic rings. The molecule has 0 bridgehead atoms.